The number of nitrogens with zero attached hydrogens (tertiary/aromatic N) is 2. The highest BCUT2D eigenvalue weighted by molar-refractivity contribution is 7.90. The van der Waals surface area contributed by atoms with E-state index in [4.69, 9.17) is 9.47 Å². The quantitative estimate of drug-likeness (QED) is 0.217. The fraction of sp³-hybridized carbons (Fsp3) is 0.639. The lowest BCUT2D eigenvalue weighted by atomic mass is 9.85. The van der Waals surface area contributed by atoms with Crippen LogP contribution in [0.3, 0.4) is 0 Å². The van der Waals surface area contributed by atoms with Gasteiger partial charge in [-0.1, -0.05) is 58.6 Å². The minimum atomic E-state index is -3.89. The predicted octanol–water partition coefficient (Wildman–Crippen LogP) is 4.49. The normalized spacial score (nSPS) is 24.8. The highest BCUT2D eigenvalue weighted by atomic mass is 32.2. The molecule has 0 bridgehead atoms. The number of benzene rings is 1. The Hall–Kier alpha value is -3.79. The van der Waals surface area contributed by atoms with E-state index in [1.807, 2.05) is 0 Å². The zero-order valence-corrected chi connectivity index (χ0v) is 32.6. The molecule has 2 aliphatic carbocycles. The number of Topliss-reactive ketones (excluding diaryl/α,β-unsaturated/α-hetero) is 1. The van der Waals surface area contributed by atoms with Gasteiger partial charge in [0.25, 0.3) is 0 Å². The summed E-state index contributed by atoms with van der Waals surface area (Å²) in [5, 5.41) is 2.04. The SMILES string of the molecule is C=C[C@@H]1C[C@]1(CC(=O)[C@@H]1C[C@@H](OC(=O)N2Cc3cccc(F)c3C2)CN1C(=O)[C@@H](NC(=O)OCC[Si](C)(C)C)C(C)(C)C)C(=O)NS(=O)(=O)C1CC1. The Kier molecular flexibility index (Phi) is 11.0. The van der Waals surface area contributed by atoms with Crippen LogP contribution in [-0.2, 0) is 47.0 Å². The molecule has 52 heavy (non-hydrogen) atoms. The average Bonchev–Trinajstić information content (AvgIpc) is 3.93. The summed E-state index contributed by atoms with van der Waals surface area (Å²) in [6, 6.07) is 3.02. The fourth-order valence-electron chi connectivity index (χ4n) is 6.89. The molecule has 0 unspecified atom stereocenters. The smallest absolute Gasteiger partial charge is 0.410 e. The number of hydrogen-bond acceptors (Lipinski definition) is 9. The Morgan fingerprint density at radius 1 is 1.13 bits per heavy atom. The number of amides is 4. The predicted molar refractivity (Wildman–Crippen MR) is 192 cm³/mol. The van der Waals surface area contributed by atoms with Crippen molar-refractivity contribution in [1.82, 2.24) is 19.8 Å². The van der Waals surface area contributed by atoms with Crippen molar-refractivity contribution in [1.29, 1.82) is 0 Å². The number of alkyl carbamates (subject to hydrolysis) is 1. The van der Waals surface area contributed by atoms with Crippen molar-refractivity contribution in [2.24, 2.45) is 16.7 Å². The summed E-state index contributed by atoms with van der Waals surface area (Å²) < 4.78 is 53.2. The molecule has 1 aromatic carbocycles. The van der Waals surface area contributed by atoms with Crippen LogP contribution < -0.4 is 10.0 Å². The van der Waals surface area contributed by atoms with Crippen LogP contribution in [0.1, 0.15) is 64.0 Å². The molecule has 2 saturated carbocycles. The molecule has 2 aliphatic heterocycles. The zero-order valence-electron chi connectivity index (χ0n) is 30.8. The molecule has 286 valence electrons. The number of fused-ring (bicyclic) bond motifs is 1. The van der Waals surface area contributed by atoms with Crippen molar-refractivity contribution in [2.45, 2.75) is 115 Å². The third kappa shape index (κ3) is 8.87. The number of ether oxygens (including phenoxy) is 2. The van der Waals surface area contributed by atoms with Crippen molar-refractivity contribution in [3.8, 4) is 0 Å². The first kappa shape index (κ1) is 39.4. The molecule has 2 heterocycles. The summed E-state index contributed by atoms with van der Waals surface area (Å²) in [5.41, 5.74) is -1.17. The fourth-order valence-corrected chi connectivity index (χ4v) is 8.99. The molecular weight excluding hydrogens is 712 g/mol. The molecule has 5 atom stereocenters. The number of halogens is 1. The number of nitrogens with one attached hydrogen (secondary N) is 2. The summed E-state index contributed by atoms with van der Waals surface area (Å²) in [6.45, 7) is 15.6. The van der Waals surface area contributed by atoms with Crippen LogP contribution in [0.5, 0.6) is 0 Å². The molecule has 0 aromatic heterocycles. The van der Waals surface area contributed by atoms with Crippen LogP contribution in [0.25, 0.3) is 0 Å². The standard InChI is InChI=1S/C36H51FN4O9SSi/c1-8-23-17-36(23,32(44)39-51(47,48)25-12-13-25)18-29(42)28-16-24(50-34(46)40-19-22-10-9-11-27(37)26(22)21-40)20-41(28)31(43)30(35(2,3)4)38-33(45)49-14-15-52(5,6)7/h8-11,23-25,28,30H,1,12-21H2,2-7H3,(H,38,45)(H,39,44)/t23-,24-,28+,30-,36-/m1/s1. The minimum absolute atomic E-state index is 0.00126. The molecule has 1 aromatic rings. The van der Waals surface area contributed by atoms with Gasteiger partial charge in [-0.25, -0.2) is 22.4 Å². The van der Waals surface area contributed by atoms with Crippen molar-refractivity contribution >= 4 is 47.9 Å². The van der Waals surface area contributed by atoms with Gasteiger partial charge in [0.05, 0.1) is 36.4 Å². The molecule has 0 spiro atoms. The Labute approximate surface area is 306 Å². The van der Waals surface area contributed by atoms with Crippen molar-refractivity contribution in [2.75, 3.05) is 13.2 Å². The van der Waals surface area contributed by atoms with Crippen LogP contribution in [0.2, 0.25) is 25.7 Å². The summed E-state index contributed by atoms with van der Waals surface area (Å²) in [7, 11) is -5.41. The van der Waals surface area contributed by atoms with Gasteiger partial charge < -0.3 is 19.7 Å². The second-order valence-electron chi connectivity index (χ2n) is 16.9. The van der Waals surface area contributed by atoms with Gasteiger partial charge in [0, 0.05) is 33.0 Å². The van der Waals surface area contributed by atoms with Crippen molar-refractivity contribution < 1.29 is 46.3 Å². The van der Waals surface area contributed by atoms with E-state index in [9.17, 15) is 36.8 Å². The van der Waals surface area contributed by atoms with Gasteiger partial charge in [-0.2, -0.15) is 0 Å². The second kappa shape index (κ2) is 14.6. The van der Waals surface area contributed by atoms with E-state index in [0.29, 0.717) is 24.0 Å². The Balaban J connectivity index is 1.36. The summed E-state index contributed by atoms with van der Waals surface area (Å²) in [6.07, 6.45) is -0.324. The Morgan fingerprint density at radius 2 is 1.83 bits per heavy atom. The van der Waals surface area contributed by atoms with Crippen LogP contribution in [0.15, 0.2) is 30.9 Å². The number of carbonyl (C=O) groups is 5. The molecule has 16 heteroatoms. The average molecular weight is 763 g/mol. The lowest BCUT2D eigenvalue weighted by Gasteiger charge is -2.35. The maximum Gasteiger partial charge on any atom is 0.410 e. The van der Waals surface area contributed by atoms with E-state index in [-0.39, 0.29) is 45.5 Å². The Morgan fingerprint density at radius 3 is 2.40 bits per heavy atom. The number of carbonyl (C=O) groups excluding carboxylic acids is 5. The summed E-state index contributed by atoms with van der Waals surface area (Å²) >= 11 is 0. The zero-order chi connectivity index (χ0) is 38.4. The first-order chi connectivity index (χ1) is 24.1. The number of likely N-dealkylation sites (tertiary alicyclic amines) is 1. The maximum absolute atomic E-state index is 14.4. The highest BCUT2D eigenvalue weighted by Gasteiger charge is 2.61. The van der Waals surface area contributed by atoms with Gasteiger partial charge in [-0.3, -0.25) is 24.0 Å². The number of allylic oxidation sites excluding steroid dienone is 1. The molecule has 13 nitrogen and oxygen atoms in total. The number of sulfonamides is 1. The number of ketones is 1. The maximum atomic E-state index is 14.4. The minimum Gasteiger partial charge on any atom is -0.450 e. The van der Waals surface area contributed by atoms with Crippen LogP contribution in [0, 0.1) is 22.6 Å². The van der Waals surface area contributed by atoms with Gasteiger partial charge in [-0.15, -0.1) is 6.58 Å². The third-order valence-electron chi connectivity index (χ3n) is 10.4. The molecule has 0 radical (unpaired) electrons. The van der Waals surface area contributed by atoms with Gasteiger partial charge in [-0.05, 0) is 48.3 Å². The molecule has 2 N–H and O–H groups in total. The van der Waals surface area contributed by atoms with Gasteiger partial charge >= 0.3 is 12.2 Å². The van der Waals surface area contributed by atoms with E-state index in [2.05, 4.69) is 36.3 Å². The molecule has 4 aliphatic rings. The van der Waals surface area contributed by atoms with Gasteiger partial charge in [0.2, 0.25) is 21.8 Å². The molecule has 3 fully saturated rings. The number of hydrogen-bond donors (Lipinski definition) is 2. The highest BCUT2D eigenvalue weighted by Crippen LogP contribution is 2.57. The monoisotopic (exact) mass is 762 g/mol. The third-order valence-corrected chi connectivity index (χ3v) is 13.9. The van der Waals surface area contributed by atoms with E-state index in [1.54, 1.807) is 32.9 Å². The largest absolute Gasteiger partial charge is 0.450 e. The van der Waals surface area contributed by atoms with E-state index >= 15 is 0 Å². The van der Waals surface area contributed by atoms with Crippen LogP contribution in [0.4, 0.5) is 14.0 Å². The molecule has 4 amide bonds. The molecule has 5 rings (SSSR count). The van der Waals surface area contributed by atoms with E-state index in [0.717, 1.165) is 6.04 Å². The molecular formula is C36H51FN4O9SSi. The van der Waals surface area contributed by atoms with Gasteiger partial charge in [0.15, 0.2) is 5.78 Å². The lowest BCUT2D eigenvalue weighted by Crippen LogP contribution is -2.57. The molecule has 1 saturated heterocycles. The Bertz CT molecular complexity index is 1740. The van der Waals surface area contributed by atoms with Crippen molar-refractivity contribution in [3.05, 3.63) is 47.8 Å². The first-order valence-electron chi connectivity index (χ1n) is 17.8. The van der Waals surface area contributed by atoms with E-state index in [1.165, 1.54) is 21.9 Å². The summed E-state index contributed by atoms with van der Waals surface area (Å²) in [4.78, 5) is 71.0. The summed E-state index contributed by atoms with van der Waals surface area (Å²) in [5.74, 6) is -2.80. The van der Waals surface area contributed by atoms with Gasteiger partial charge in [0.1, 0.15) is 18.0 Å². The first-order valence-corrected chi connectivity index (χ1v) is 23.1. The van der Waals surface area contributed by atoms with Crippen LogP contribution >= 0.6 is 0 Å². The van der Waals surface area contributed by atoms with Crippen LogP contribution in [-0.4, -0.2) is 92.7 Å². The topological polar surface area (TPSA) is 168 Å². The van der Waals surface area contributed by atoms with E-state index < -0.39 is 93.9 Å². The van der Waals surface area contributed by atoms with Crippen molar-refractivity contribution in [3.63, 3.8) is 0 Å². The second-order valence-corrected chi connectivity index (χ2v) is 24.5. The lowest BCUT2D eigenvalue weighted by molar-refractivity contribution is -0.142. The number of rotatable bonds is 13.